The molecule has 0 amide bonds. The third-order valence-electron chi connectivity index (χ3n) is 8.68. The Balaban J connectivity index is 1.62. The summed E-state index contributed by atoms with van der Waals surface area (Å²) in [7, 11) is 0. The molecule has 0 aromatic rings. The van der Waals surface area contributed by atoms with Crippen LogP contribution in [0.3, 0.4) is 0 Å². The molecule has 29 heavy (non-hydrogen) atoms. The van der Waals surface area contributed by atoms with Crippen LogP contribution in [0.2, 0.25) is 0 Å². The van der Waals surface area contributed by atoms with Crippen LogP contribution in [-0.2, 0) is 19.1 Å². The molecule has 0 aromatic carbocycles. The predicted molar refractivity (Wildman–Crippen MR) is 112 cm³/mol. The summed E-state index contributed by atoms with van der Waals surface area (Å²) in [6.45, 7) is 7.56. The van der Waals surface area contributed by atoms with Gasteiger partial charge >= 0.3 is 11.9 Å². The molecule has 0 aromatic heterocycles. The number of rotatable bonds is 3. The van der Waals surface area contributed by atoms with Gasteiger partial charge in [0.25, 0.3) is 0 Å². The number of carbonyl (C=O) groups excluding carboxylic acids is 2. The van der Waals surface area contributed by atoms with E-state index in [1.54, 1.807) is 6.92 Å². The van der Waals surface area contributed by atoms with Gasteiger partial charge < -0.3 is 9.47 Å². The molecule has 0 N–H and O–H groups in total. The van der Waals surface area contributed by atoms with Crippen molar-refractivity contribution in [2.45, 2.75) is 91.3 Å². The highest BCUT2D eigenvalue weighted by Gasteiger charge is 2.60. The highest BCUT2D eigenvalue weighted by molar-refractivity contribution is 5.66. The van der Waals surface area contributed by atoms with Gasteiger partial charge in [-0.15, -0.1) is 0 Å². The van der Waals surface area contributed by atoms with E-state index in [0.29, 0.717) is 17.8 Å². The molecule has 0 bridgehead atoms. The van der Waals surface area contributed by atoms with Gasteiger partial charge in [0.15, 0.2) is 0 Å². The standard InChI is InChI=1S/C25H36O4/c1-5-12-25-14-10-19(28-16(2)26)15-18(25)6-7-20-21-8-9-23(29-17(3)27)24(21,4)13-11-22(20)25/h5-6,12,19-23H,7-11,13-15H2,1-4H3/b12-5-/t19-,20?,21?,22?,23-,24-,25-/m0/s1. The lowest BCUT2D eigenvalue weighted by molar-refractivity contribution is -0.156. The fourth-order valence-corrected chi connectivity index (χ4v) is 7.62. The van der Waals surface area contributed by atoms with Crippen LogP contribution in [-0.4, -0.2) is 24.1 Å². The molecule has 3 saturated carbocycles. The molecule has 4 aliphatic carbocycles. The first-order chi connectivity index (χ1) is 13.8. The Labute approximate surface area is 175 Å². The average molecular weight is 401 g/mol. The molecular weight excluding hydrogens is 364 g/mol. The Kier molecular flexibility index (Phi) is 5.41. The SMILES string of the molecule is C/C=C\[C@]12CC[C@H](OC(C)=O)CC1=CCC1C2CC[C@@]2(C)C1CC[C@@H]2OC(C)=O. The van der Waals surface area contributed by atoms with Gasteiger partial charge in [0.1, 0.15) is 12.2 Å². The van der Waals surface area contributed by atoms with Gasteiger partial charge in [-0.1, -0.05) is 30.7 Å². The second-order valence-corrected chi connectivity index (χ2v) is 10.1. The van der Waals surface area contributed by atoms with Crippen LogP contribution in [0.4, 0.5) is 0 Å². The minimum Gasteiger partial charge on any atom is -0.462 e. The monoisotopic (exact) mass is 400 g/mol. The molecule has 4 heteroatoms. The molecule has 160 valence electrons. The largest absolute Gasteiger partial charge is 0.462 e. The van der Waals surface area contributed by atoms with Crippen LogP contribution >= 0.6 is 0 Å². The summed E-state index contributed by atoms with van der Waals surface area (Å²) in [5, 5.41) is 0. The third kappa shape index (κ3) is 3.37. The summed E-state index contributed by atoms with van der Waals surface area (Å²) in [4.78, 5) is 23.1. The lowest BCUT2D eigenvalue weighted by Crippen LogP contribution is -2.52. The number of ether oxygens (including phenoxy) is 2. The fraction of sp³-hybridized carbons (Fsp3) is 0.760. The van der Waals surface area contributed by atoms with E-state index >= 15 is 0 Å². The Morgan fingerprint density at radius 2 is 1.79 bits per heavy atom. The first-order valence-electron chi connectivity index (χ1n) is 11.5. The minimum atomic E-state index is -0.168. The summed E-state index contributed by atoms with van der Waals surface area (Å²) < 4.78 is 11.4. The highest BCUT2D eigenvalue weighted by Crippen LogP contribution is 2.65. The average Bonchev–Trinajstić information content (AvgIpc) is 2.97. The lowest BCUT2D eigenvalue weighted by Gasteiger charge is -2.58. The van der Waals surface area contributed by atoms with Gasteiger partial charge in [0.05, 0.1) is 0 Å². The Bertz CT molecular complexity index is 737. The second-order valence-electron chi connectivity index (χ2n) is 10.1. The van der Waals surface area contributed by atoms with E-state index in [-0.39, 0.29) is 35.0 Å². The Morgan fingerprint density at radius 3 is 2.48 bits per heavy atom. The first kappa shape index (κ1) is 20.7. The van der Waals surface area contributed by atoms with Crippen LogP contribution < -0.4 is 0 Å². The molecule has 0 heterocycles. The number of hydrogen-bond acceptors (Lipinski definition) is 4. The van der Waals surface area contributed by atoms with Crippen molar-refractivity contribution >= 4 is 11.9 Å². The van der Waals surface area contributed by atoms with Crippen molar-refractivity contribution in [3.63, 3.8) is 0 Å². The normalized spacial score (nSPS) is 43.7. The van der Waals surface area contributed by atoms with E-state index < -0.39 is 0 Å². The van der Waals surface area contributed by atoms with Crippen molar-refractivity contribution in [1.82, 2.24) is 0 Å². The summed E-state index contributed by atoms with van der Waals surface area (Å²) in [5.41, 5.74) is 1.73. The Hall–Kier alpha value is -1.58. The maximum Gasteiger partial charge on any atom is 0.302 e. The zero-order valence-electron chi connectivity index (χ0n) is 18.4. The molecule has 0 saturated heterocycles. The minimum absolute atomic E-state index is 0.0300. The van der Waals surface area contributed by atoms with Crippen molar-refractivity contribution in [2.75, 3.05) is 0 Å². The Morgan fingerprint density at radius 1 is 1.03 bits per heavy atom. The quantitative estimate of drug-likeness (QED) is 0.472. The van der Waals surface area contributed by atoms with E-state index in [1.165, 1.54) is 25.3 Å². The molecule has 7 atom stereocenters. The topological polar surface area (TPSA) is 52.6 Å². The predicted octanol–water partition coefficient (Wildman–Crippen LogP) is 5.37. The molecule has 0 radical (unpaired) electrons. The van der Waals surface area contributed by atoms with Gasteiger partial charge in [-0.05, 0) is 69.6 Å². The van der Waals surface area contributed by atoms with Gasteiger partial charge in [0, 0.05) is 31.1 Å². The molecule has 3 unspecified atom stereocenters. The molecular formula is C25H36O4. The molecule has 3 fully saturated rings. The molecule has 0 spiro atoms. The molecule has 0 aliphatic heterocycles. The molecule has 4 nitrogen and oxygen atoms in total. The number of hydrogen-bond donors (Lipinski definition) is 0. The number of esters is 2. The van der Waals surface area contributed by atoms with Gasteiger partial charge in [-0.25, -0.2) is 0 Å². The first-order valence-corrected chi connectivity index (χ1v) is 11.5. The summed E-state index contributed by atoms with van der Waals surface area (Å²) in [6, 6.07) is 0. The summed E-state index contributed by atoms with van der Waals surface area (Å²) >= 11 is 0. The van der Waals surface area contributed by atoms with Gasteiger partial charge in [0.2, 0.25) is 0 Å². The van der Waals surface area contributed by atoms with Crippen LogP contribution in [0, 0.1) is 28.6 Å². The van der Waals surface area contributed by atoms with Crippen LogP contribution in [0.25, 0.3) is 0 Å². The summed E-state index contributed by atoms with van der Waals surface area (Å²) in [6.07, 6.45) is 15.8. The van der Waals surface area contributed by atoms with E-state index in [9.17, 15) is 9.59 Å². The number of allylic oxidation sites excluding steroid dienone is 3. The maximum atomic E-state index is 11.7. The van der Waals surface area contributed by atoms with E-state index in [4.69, 9.17) is 9.47 Å². The van der Waals surface area contributed by atoms with Crippen LogP contribution in [0.15, 0.2) is 23.8 Å². The van der Waals surface area contributed by atoms with Crippen molar-refractivity contribution in [2.24, 2.45) is 28.6 Å². The molecule has 4 rings (SSSR count). The number of fused-ring (bicyclic) bond motifs is 5. The zero-order valence-corrected chi connectivity index (χ0v) is 18.4. The van der Waals surface area contributed by atoms with E-state index in [1.807, 2.05) is 0 Å². The van der Waals surface area contributed by atoms with Crippen molar-refractivity contribution in [3.8, 4) is 0 Å². The fourth-order valence-electron chi connectivity index (χ4n) is 7.62. The van der Waals surface area contributed by atoms with Gasteiger partial charge in [-0.2, -0.15) is 0 Å². The van der Waals surface area contributed by atoms with Crippen LogP contribution in [0.5, 0.6) is 0 Å². The van der Waals surface area contributed by atoms with Crippen molar-refractivity contribution < 1.29 is 19.1 Å². The lowest BCUT2D eigenvalue weighted by atomic mass is 9.47. The zero-order chi connectivity index (χ0) is 20.8. The van der Waals surface area contributed by atoms with E-state index in [2.05, 4.69) is 32.1 Å². The number of carbonyl (C=O) groups is 2. The third-order valence-corrected chi connectivity index (χ3v) is 8.68. The van der Waals surface area contributed by atoms with Crippen LogP contribution in [0.1, 0.15) is 79.1 Å². The smallest absolute Gasteiger partial charge is 0.302 e. The van der Waals surface area contributed by atoms with E-state index in [0.717, 1.165) is 38.5 Å². The molecule has 4 aliphatic rings. The van der Waals surface area contributed by atoms with Crippen molar-refractivity contribution in [1.29, 1.82) is 0 Å². The second kappa shape index (κ2) is 7.59. The maximum absolute atomic E-state index is 11.7. The van der Waals surface area contributed by atoms with Crippen molar-refractivity contribution in [3.05, 3.63) is 23.8 Å². The highest BCUT2D eigenvalue weighted by atomic mass is 16.5. The summed E-state index contributed by atoms with van der Waals surface area (Å²) in [5.74, 6) is 1.61. The van der Waals surface area contributed by atoms with Gasteiger partial charge in [-0.3, -0.25) is 9.59 Å².